The molecule has 7 nitrogen and oxygen atoms in total. The fourth-order valence-corrected chi connectivity index (χ4v) is 1.58. The lowest BCUT2D eigenvalue weighted by Crippen LogP contribution is -2.09. The third-order valence-corrected chi connectivity index (χ3v) is 2.45. The highest BCUT2D eigenvalue weighted by atomic mass is 16.4. The minimum absolute atomic E-state index is 0.0817. The second-order valence-electron chi connectivity index (χ2n) is 3.91. The van der Waals surface area contributed by atoms with Crippen molar-refractivity contribution in [2.45, 2.75) is 13.5 Å². The number of hydrogen-bond donors (Lipinski definition) is 3. The lowest BCUT2D eigenvalue weighted by molar-refractivity contribution is 0.0698. The molecule has 0 saturated heterocycles. The van der Waals surface area contributed by atoms with Gasteiger partial charge in [0.1, 0.15) is 11.6 Å². The fraction of sp³-hybridized carbons (Fsp3) is 0.167. The van der Waals surface area contributed by atoms with E-state index in [1.807, 2.05) is 0 Å². The van der Waals surface area contributed by atoms with Crippen molar-refractivity contribution in [1.82, 2.24) is 15.0 Å². The van der Waals surface area contributed by atoms with Crippen LogP contribution in [-0.2, 0) is 6.54 Å². The number of aromatic nitrogens is 3. The summed E-state index contributed by atoms with van der Waals surface area (Å²) in [5.41, 5.74) is 6.72. The van der Waals surface area contributed by atoms with Crippen molar-refractivity contribution >= 4 is 17.5 Å². The average Bonchev–Trinajstić information content (AvgIpc) is 2.37. The van der Waals surface area contributed by atoms with E-state index in [0.29, 0.717) is 18.1 Å². The summed E-state index contributed by atoms with van der Waals surface area (Å²) >= 11 is 0. The van der Waals surface area contributed by atoms with Crippen LogP contribution in [0.15, 0.2) is 24.5 Å². The Morgan fingerprint density at radius 3 is 2.95 bits per heavy atom. The van der Waals surface area contributed by atoms with E-state index in [9.17, 15) is 4.79 Å². The summed E-state index contributed by atoms with van der Waals surface area (Å²) in [5, 5.41) is 12.1. The summed E-state index contributed by atoms with van der Waals surface area (Å²) in [5.74, 6) is -0.232. The molecule has 0 radical (unpaired) electrons. The Morgan fingerprint density at radius 2 is 2.26 bits per heavy atom. The number of carboxylic acids is 1. The van der Waals surface area contributed by atoms with Crippen molar-refractivity contribution in [2.75, 3.05) is 11.1 Å². The van der Waals surface area contributed by atoms with E-state index >= 15 is 0 Å². The van der Waals surface area contributed by atoms with Crippen LogP contribution in [0.2, 0.25) is 0 Å². The quantitative estimate of drug-likeness (QED) is 0.752. The number of nitrogens with zero attached hydrogens (tertiary/aromatic N) is 3. The molecule has 98 valence electrons. The number of aryl methyl sites for hydroxylation is 1. The highest BCUT2D eigenvalue weighted by molar-refractivity contribution is 5.94. The van der Waals surface area contributed by atoms with Gasteiger partial charge in [-0.1, -0.05) is 0 Å². The monoisotopic (exact) mass is 259 g/mol. The molecule has 2 aromatic heterocycles. The number of hydrogen-bond acceptors (Lipinski definition) is 6. The van der Waals surface area contributed by atoms with E-state index in [1.54, 1.807) is 19.2 Å². The maximum absolute atomic E-state index is 11.1. The Kier molecular flexibility index (Phi) is 3.56. The van der Waals surface area contributed by atoms with Gasteiger partial charge in [0.15, 0.2) is 0 Å². The largest absolute Gasteiger partial charge is 0.478 e. The first kappa shape index (κ1) is 12.7. The molecule has 0 unspecified atom stereocenters. The first-order valence-corrected chi connectivity index (χ1v) is 5.57. The molecule has 0 saturated carbocycles. The lowest BCUT2D eigenvalue weighted by atomic mass is 10.2. The fourth-order valence-electron chi connectivity index (χ4n) is 1.58. The predicted molar refractivity (Wildman–Crippen MR) is 69.7 cm³/mol. The van der Waals surface area contributed by atoms with Crippen LogP contribution in [0.4, 0.5) is 11.5 Å². The second kappa shape index (κ2) is 5.30. The molecule has 2 rings (SSSR count). The molecule has 0 aliphatic carbocycles. The third-order valence-electron chi connectivity index (χ3n) is 2.45. The van der Waals surface area contributed by atoms with Crippen LogP contribution in [0.5, 0.6) is 0 Å². The van der Waals surface area contributed by atoms with E-state index in [4.69, 9.17) is 10.8 Å². The Morgan fingerprint density at radius 1 is 1.47 bits per heavy atom. The van der Waals surface area contributed by atoms with Crippen LogP contribution in [0, 0.1) is 6.92 Å². The molecule has 0 bridgehead atoms. The van der Waals surface area contributed by atoms with Gasteiger partial charge in [-0.15, -0.1) is 0 Å². The highest BCUT2D eigenvalue weighted by Crippen LogP contribution is 2.17. The average molecular weight is 259 g/mol. The maximum Gasteiger partial charge on any atom is 0.337 e. The standard InChI is InChI=1S/C12H13N5O2/c1-7-14-3-2-8(17-7)5-15-10-6-16-11(13)4-9(10)12(18)19/h2-4,6,15H,5H2,1H3,(H2,13,16)(H,18,19). The van der Waals surface area contributed by atoms with Crippen molar-refractivity contribution in [2.24, 2.45) is 0 Å². The Hall–Kier alpha value is -2.70. The molecule has 4 N–H and O–H groups in total. The van der Waals surface area contributed by atoms with Gasteiger partial charge in [0.2, 0.25) is 0 Å². The summed E-state index contributed by atoms with van der Waals surface area (Å²) < 4.78 is 0. The Balaban J connectivity index is 2.17. The van der Waals surface area contributed by atoms with Crippen molar-refractivity contribution in [3.8, 4) is 0 Å². The zero-order valence-corrected chi connectivity index (χ0v) is 10.3. The van der Waals surface area contributed by atoms with Crippen LogP contribution >= 0.6 is 0 Å². The minimum atomic E-state index is -1.06. The molecule has 0 spiro atoms. The van der Waals surface area contributed by atoms with Crippen molar-refractivity contribution in [3.63, 3.8) is 0 Å². The molecule has 2 heterocycles. The van der Waals surface area contributed by atoms with Gasteiger partial charge in [-0.2, -0.15) is 0 Å². The van der Waals surface area contributed by atoms with E-state index in [0.717, 1.165) is 5.69 Å². The molecule has 0 fully saturated rings. The minimum Gasteiger partial charge on any atom is -0.478 e. The number of anilines is 2. The van der Waals surface area contributed by atoms with Crippen LogP contribution in [0.25, 0.3) is 0 Å². The highest BCUT2D eigenvalue weighted by Gasteiger charge is 2.11. The molecule has 7 heteroatoms. The van der Waals surface area contributed by atoms with Gasteiger partial charge in [0.25, 0.3) is 0 Å². The van der Waals surface area contributed by atoms with Crippen LogP contribution < -0.4 is 11.1 Å². The summed E-state index contributed by atoms with van der Waals surface area (Å²) in [6, 6.07) is 3.07. The Bertz CT molecular complexity index is 615. The molecular formula is C12H13N5O2. The van der Waals surface area contributed by atoms with Gasteiger partial charge >= 0.3 is 5.97 Å². The number of carboxylic acid groups (broad SMARTS) is 1. The van der Waals surface area contributed by atoms with E-state index in [-0.39, 0.29) is 11.4 Å². The maximum atomic E-state index is 11.1. The predicted octanol–water partition coefficient (Wildman–Crippen LogP) is 1.07. The number of nitrogens with two attached hydrogens (primary N) is 1. The normalized spacial score (nSPS) is 10.2. The molecule has 2 aromatic rings. The summed E-state index contributed by atoms with van der Waals surface area (Å²) in [7, 11) is 0. The van der Waals surface area contributed by atoms with Gasteiger partial charge in [0.05, 0.1) is 29.7 Å². The van der Waals surface area contributed by atoms with Crippen LogP contribution in [0.3, 0.4) is 0 Å². The lowest BCUT2D eigenvalue weighted by Gasteiger charge is -2.09. The first-order chi connectivity index (χ1) is 9.06. The SMILES string of the molecule is Cc1nccc(CNc2cnc(N)cc2C(=O)O)n1. The van der Waals surface area contributed by atoms with Crippen LogP contribution in [0.1, 0.15) is 21.9 Å². The van der Waals surface area contributed by atoms with E-state index in [1.165, 1.54) is 12.3 Å². The van der Waals surface area contributed by atoms with E-state index < -0.39 is 5.97 Å². The topological polar surface area (TPSA) is 114 Å². The van der Waals surface area contributed by atoms with Gasteiger partial charge in [-0.05, 0) is 19.1 Å². The van der Waals surface area contributed by atoms with Gasteiger partial charge in [0, 0.05) is 6.20 Å². The van der Waals surface area contributed by atoms with Crippen molar-refractivity contribution < 1.29 is 9.90 Å². The van der Waals surface area contributed by atoms with Gasteiger partial charge in [-0.3, -0.25) is 0 Å². The molecule has 0 aromatic carbocycles. The number of nitrogens with one attached hydrogen (secondary N) is 1. The molecule has 0 atom stereocenters. The van der Waals surface area contributed by atoms with Crippen molar-refractivity contribution in [3.05, 3.63) is 41.6 Å². The molecule has 0 amide bonds. The second-order valence-corrected chi connectivity index (χ2v) is 3.91. The van der Waals surface area contributed by atoms with Crippen LogP contribution in [-0.4, -0.2) is 26.0 Å². The zero-order chi connectivity index (χ0) is 13.8. The molecule has 19 heavy (non-hydrogen) atoms. The zero-order valence-electron chi connectivity index (χ0n) is 10.3. The summed E-state index contributed by atoms with van der Waals surface area (Å²) in [6.45, 7) is 2.17. The number of carbonyl (C=O) groups is 1. The Labute approximate surface area is 109 Å². The number of nitrogen functional groups attached to an aromatic ring is 1. The van der Waals surface area contributed by atoms with Crippen molar-refractivity contribution in [1.29, 1.82) is 0 Å². The molecule has 0 aliphatic heterocycles. The first-order valence-electron chi connectivity index (χ1n) is 5.57. The third kappa shape index (κ3) is 3.15. The molecular weight excluding hydrogens is 246 g/mol. The number of rotatable bonds is 4. The summed E-state index contributed by atoms with van der Waals surface area (Å²) in [6.07, 6.45) is 3.05. The van der Waals surface area contributed by atoms with E-state index in [2.05, 4.69) is 20.3 Å². The summed E-state index contributed by atoms with van der Waals surface area (Å²) in [4.78, 5) is 23.2. The van der Waals surface area contributed by atoms with Gasteiger partial charge in [-0.25, -0.2) is 19.7 Å². The van der Waals surface area contributed by atoms with Gasteiger partial charge < -0.3 is 16.2 Å². The number of aromatic carboxylic acids is 1. The molecule has 0 aliphatic rings. The smallest absolute Gasteiger partial charge is 0.337 e. The number of pyridine rings is 1.